The third-order valence-corrected chi connectivity index (χ3v) is 13.1. The minimum absolute atomic E-state index is 0. The second kappa shape index (κ2) is 17.0. The number of nitrogens with zero attached hydrogens (tertiary/aromatic N) is 4. The average Bonchev–Trinajstić information content (AvgIpc) is 3.80. The second-order valence-corrected chi connectivity index (χ2v) is 21.9. The molecule has 7 heteroatoms. The molecule has 5 aromatic carbocycles. The van der Waals surface area contributed by atoms with Crippen molar-refractivity contribution in [3.8, 4) is 39.5 Å². The van der Waals surface area contributed by atoms with Crippen LogP contribution in [-0.4, -0.2) is 27.6 Å². The maximum Gasteiger partial charge on any atom is 0.120 e. The van der Waals surface area contributed by atoms with Crippen molar-refractivity contribution in [3.63, 3.8) is 0 Å². The molecule has 1 radical (unpaired) electrons. The van der Waals surface area contributed by atoms with Gasteiger partial charge < -0.3 is 14.0 Å². The van der Waals surface area contributed by atoms with Crippen LogP contribution >= 0.6 is 0 Å². The van der Waals surface area contributed by atoms with E-state index < -0.39 is 8.07 Å². The second-order valence-electron chi connectivity index (χ2n) is 16.8. The number of furan rings is 1. The van der Waals surface area contributed by atoms with Gasteiger partial charge in [-0.15, -0.1) is 54.1 Å². The van der Waals surface area contributed by atoms with Crippen LogP contribution in [0, 0.1) is 26.0 Å². The van der Waals surface area contributed by atoms with Crippen molar-refractivity contribution in [2.75, 3.05) is 0 Å². The quantitative estimate of drug-likeness (QED) is 0.118. The molecule has 9 aromatic rings. The first kappa shape index (κ1) is 41.7. The minimum Gasteiger partial charge on any atom is -0.501 e. The molecule has 299 valence electrons. The molecule has 0 saturated heterocycles. The Kier molecular flexibility index (Phi) is 12.0. The third-order valence-electron chi connectivity index (χ3n) is 11.0. The van der Waals surface area contributed by atoms with Gasteiger partial charge in [-0.3, -0.25) is 9.97 Å². The fraction of sp³-hybridized carbons (Fsp3) is 0.212. The van der Waals surface area contributed by atoms with Crippen molar-refractivity contribution in [1.29, 1.82) is 0 Å². The van der Waals surface area contributed by atoms with Gasteiger partial charge in [0.1, 0.15) is 5.58 Å². The van der Waals surface area contributed by atoms with Crippen molar-refractivity contribution in [2.45, 2.75) is 73.0 Å². The Morgan fingerprint density at radius 2 is 1.39 bits per heavy atom. The maximum atomic E-state index is 6.49. The molecule has 0 fully saturated rings. The SMILES string of the molecule is Cc1cc(-c2[c-]cccc2)ncc1[Si](C)(C)C.Cc1nccc2c1nc(-c1[c-]ccc3c1oc1ccccc13)n2-c1c(C(C)C)cc(-c2ccccc2)cc1C(C)C.[Ir]. The van der Waals surface area contributed by atoms with E-state index in [4.69, 9.17) is 9.40 Å². The van der Waals surface area contributed by atoms with Crippen molar-refractivity contribution in [1.82, 2.24) is 19.5 Å². The first-order chi connectivity index (χ1) is 27.9. The van der Waals surface area contributed by atoms with Gasteiger partial charge in [0, 0.05) is 43.6 Å². The monoisotopic (exact) mass is 967 g/mol. The third kappa shape index (κ3) is 8.12. The molecule has 0 atom stereocenters. The van der Waals surface area contributed by atoms with Gasteiger partial charge in [-0.25, -0.2) is 0 Å². The van der Waals surface area contributed by atoms with Gasteiger partial charge >= 0.3 is 0 Å². The zero-order valence-corrected chi connectivity index (χ0v) is 38.7. The number of hydrogen-bond donors (Lipinski definition) is 0. The summed E-state index contributed by atoms with van der Waals surface area (Å²) in [6.45, 7) is 20.4. The molecule has 59 heavy (non-hydrogen) atoms. The number of rotatable bonds is 7. The molecule has 9 rings (SSSR count). The van der Waals surface area contributed by atoms with Crippen LogP contribution in [0.25, 0.3) is 72.4 Å². The van der Waals surface area contributed by atoms with Crippen LogP contribution in [0.2, 0.25) is 19.6 Å². The zero-order chi connectivity index (χ0) is 40.7. The minimum atomic E-state index is -1.27. The van der Waals surface area contributed by atoms with Gasteiger partial charge in [0.05, 0.1) is 36.2 Å². The summed E-state index contributed by atoms with van der Waals surface area (Å²) in [4.78, 5) is 14.5. The van der Waals surface area contributed by atoms with Gasteiger partial charge in [-0.05, 0) is 83.1 Å². The van der Waals surface area contributed by atoms with Crippen LogP contribution in [0.3, 0.4) is 0 Å². The van der Waals surface area contributed by atoms with Crippen LogP contribution in [0.15, 0.2) is 132 Å². The van der Waals surface area contributed by atoms with Gasteiger partial charge in [0.15, 0.2) is 0 Å². The predicted molar refractivity (Wildman–Crippen MR) is 245 cm³/mol. The summed E-state index contributed by atoms with van der Waals surface area (Å²) in [5, 5.41) is 3.60. The zero-order valence-electron chi connectivity index (χ0n) is 35.3. The van der Waals surface area contributed by atoms with E-state index in [1.807, 2.05) is 49.5 Å². The molecular formula is C52H50IrN4OSi-2. The Morgan fingerprint density at radius 3 is 2.05 bits per heavy atom. The van der Waals surface area contributed by atoms with E-state index in [0.29, 0.717) is 0 Å². The van der Waals surface area contributed by atoms with E-state index in [0.717, 1.165) is 61.3 Å². The number of pyridine rings is 2. The van der Waals surface area contributed by atoms with Gasteiger partial charge in [0.2, 0.25) is 0 Å². The summed E-state index contributed by atoms with van der Waals surface area (Å²) in [6, 6.07) is 46.6. The van der Waals surface area contributed by atoms with Crippen LogP contribution in [0.5, 0.6) is 0 Å². The van der Waals surface area contributed by atoms with Crippen LogP contribution < -0.4 is 5.19 Å². The van der Waals surface area contributed by atoms with E-state index in [9.17, 15) is 0 Å². The number of fused-ring (bicyclic) bond motifs is 4. The fourth-order valence-electron chi connectivity index (χ4n) is 8.04. The molecule has 0 amide bonds. The topological polar surface area (TPSA) is 56.7 Å². The van der Waals surface area contributed by atoms with E-state index in [2.05, 4.69) is 166 Å². The number of para-hydroxylation sites is 1. The smallest absolute Gasteiger partial charge is 0.120 e. The summed E-state index contributed by atoms with van der Waals surface area (Å²) in [5.41, 5.74) is 15.0. The van der Waals surface area contributed by atoms with Crippen molar-refractivity contribution in [2.24, 2.45) is 0 Å². The average molecular weight is 967 g/mol. The molecule has 0 aliphatic carbocycles. The largest absolute Gasteiger partial charge is 0.501 e. The van der Waals surface area contributed by atoms with E-state index >= 15 is 0 Å². The van der Waals surface area contributed by atoms with E-state index in [1.54, 1.807) is 0 Å². The number of imidazole rings is 1. The maximum absolute atomic E-state index is 6.49. The molecule has 0 bridgehead atoms. The number of aryl methyl sites for hydroxylation is 2. The molecule has 0 unspecified atom stereocenters. The summed E-state index contributed by atoms with van der Waals surface area (Å²) in [5.74, 6) is 1.38. The Balaban J connectivity index is 0.000000247. The predicted octanol–water partition coefficient (Wildman–Crippen LogP) is 13.4. The number of hydrogen-bond acceptors (Lipinski definition) is 4. The summed E-state index contributed by atoms with van der Waals surface area (Å²) >= 11 is 0. The molecule has 4 heterocycles. The molecule has 4 aromatic heterocycles. The molecule has 0 aliphatic rings. The van der Waals surface area contributed by atoms with Crippen molar-refractivity contribution < 1.29 is 24.5 Å². The Bertz CT molecular complexity index is 2880. The number of aromatic nitrogens is 4. The summed E-state index contributed by atoms with van der Waals surface area (Å²) < 4.78 is 8.82. The molecule has 0 aliphatic heterocycles. The Morgan fingerprint density at radius 1 is 0.695 bits per heavy atom. The van der Waals surface area contributed by atoms with Crippen LogP contribution in [0.1, 0.15) is 61.9 Å². The van der Waals surface area contributed by atoms with Crippen LogP contribution in [0.4, 0.5) is 0 Å². The molecule has 0 spiro atoms. The molecule has 5 nitrogen and oxygen atoms in total. The Labute approximate surface area is 363 Å². The molecule has 0 saturated carbocycles. The first-order valence-electron chi connectivity index (χ1n) is 20.2. The fourth-order valence-corrected chi connectivity index (χ4v) is 9.75. The van der Waals surface area contributed by atoms with Gasteiger partial charge in [-0.2, -0.15) is 0 Å². The van der Waals surface area contributed by atoms with Gasteiger partial charge in [-0.1, -0.05) is 118 Å². The summed E-state index contributed by atoms with van der Waals surface area (Å²) in [6.07, 6.45) is 3.94. The van der Waals surface area contributed by atoms with E-state index in [1.165, 1.54) is 38.7 Å². The molecular weight excluding hydrogens is 917 g/mol. The number of benzene rings is 5. The standard InChI is InChI=1S/C37H32N3O.C15H18NSi.Ir/c1-22(2)30-20-26(25-12-7-6-8-13-25)21-31(23(3)4)35(30)40-32-18-19-38-24(5)34(32)39-37(40)29-16-11-15-28-27-14-9-10-17-33(27)41-36(28)29;1-12-10-14(13-8-6-5-7-9-13)16-11-15(12)17(2,3)4;/h6-15,17-23H,1-5H3;5-8,10-11H,1-4H3;/q2*-1;. The van der Waals surface area contributed by atoms with E-state index in [-0.39, 0.29) is 31.9 Å². The first-order valence-corrected chi connectivity index (χ1v) is 23.7. The van der Waals surface area contributed by atoms with Crippen molar-refractivity contribution >= 4 is 46.2 Å². The summed E-state index contributed by atoms with van der Waals surface area (Å²) in [7, 11) is -1.27. The van der Waals surface area contributed by atoms with Crippen LogP contribution in [-0.2, 0) is 20.1 Å². The van der Waals surface area contributed by atoms with Gasteiger partial charge in [0.25, 0.3) is 0 Å². The Hall–Kier alpha value is -5.46. The molecule has 0 N–H and O–H groups in total. The van der Waals surface area contributed by atoms with Crippen molar-refractivity contribution in [3.05, 3.63) is 162 Å². The normalized spacial score (nSPS) is 11.6.